The highest BCUT2D eigenvalue weighted by Crippen LogP contribution is 2.47. The number of halogens is 3. The van der Waals surface area contributed by atoms with Crippen molar-refractivity contribution < 1.29 is 13.2 Å². The van der Waals surface area contributed by atoms with Gasteiger partial charge in [0.1, 0.15) is 0 Å². The highest BCUT2D eigenvalue weighted by atomic mass is 32.2. The topological polar surface area (TPSA) is 69.0 Å². The lowest BCUT2D eigenvalue weighted by Gasteiger charge is -2.46. The van der Waals surface area contributed by atoms with E-state index >= 15 is 0 Å². The molecule has 41 heavy (non-hydrogen) atoms. The quantitative estimate of drug-likeness (QED) is 0.471. The van der Waals surface area contributed by atoms with E-state index in [0.717, 1.165) is 57.7 Å². The molecular weight excluding hydrogens is 551 g/mol. The molecule has 2 aromatic heterocycles. The first-order chi connectivity index (χ1) is 19.8. The number of likely N-dealkylation sites (tertiary alicyclic amines) is 1. The summed E-state index contributed by atoms with van der Waals surface area (Å²) in [5.74, 6) is 2.49. The standard InChI is InChI=1S/C29H42F3N7OS/c1-36-16-34-35-27(36)26(19-4-2-5-19)20-6-3-7-21(11-20)38-15-24-22(29(30,31)32)10-18(13-39(24)28(38)40)12-37-9-8-25-23(14-37)33-17-41-25/h10,13,15,19-21,23,25-27,33-35H,2-9,11-12,14,16-17H2,1H3/t20?,21?,23?,25?,26-,27?/m1/s1. The summed E-state index contributed by atoms with van der Waals surface area (Å²) in [7, 11) is 2.14. The number of imidazole rings is 1. The molecule has 0 amide bonds. The third-order valence-electron chi connectivity index (χ3n) is 10.6. The lowest BCUT2D eigenvalue weighted by atomic mass is 9.65. The van der Waals surface area contributed by atoms with Gasteiger partial charge in [-0.05, 0) is 68.7 Å². The van der Waals surface area contributed by atoms with E-state index in [0.29, 0.717) is 41.2 Å². The summed E-state index contributed by atoms with van der Waals surface area (Å²) in [5.41, 5.74) is 6.23. The number of aromatic nitrogens is 2. The molecule has 0 aromatic carbocycles. The smallest absolute Gasteiger partial charge is 0.303 e. The van der Waals surface area contributed by atoms with E-state index in [-0.39, 0.29) is 23.4 Å². The molecule has 7 rings (SSSR count). The third-order valence-corrected chi connectivity index (χ3v) is 11.9. The van der Waals surface area contributed by atoms with Crippen molar-refractivity contribution in [2.24, 2.45) is 17.8 Å². The van der Waals surface area contributed by atoms with Crippen molar-refractivity contribution in [2.75, 3.05) is 32.7 Å². The molecule has 12 heteroatoms. The van der Waals surface area contributed by atoms with Crippen molar-refractivity contribution in [1.29, 1.82) is 0 Å². The van der Waals surface area contributed by atoms with Gasteiger partial charge in [0.2, 0.25) is 0 Å². The summed E-state index contributed by atoms with van der Waals surface area (Å²) < 4.78 is 46.0. The number of thioether (sulfide) groups is 1. The van der Waals surface area contributed by atoms with Crippen molar-refractivity contribution in [3.05, 3.63) is 40.1 Å². The van der Waals surface area contributed by atoms with E-state index < -0.39 is 11.7 Å². The van der Waals surface area contributed by atoms with Gasteiger partial charge in [-0.25, -0.2) is 15.6 Å². The second-order valence-electron chi connectivity index (χ2n) is 13.0. The average molecular weight is 594 g/mol. The van der Waals surface area contributed by atoms with Crippen LogP contribution in [-0.4, -0.2) is 68.9 Å². The van der Waals surface area contributed by atoms with Crippen LogP contribution in [0.4, 0.5) is 13.2 Å². The zero-order valence-corrected chi connectivity index (χ0v) is 24.5. The highest BCUT2D eigenvalue weighted by Gasteiger charge is 2.44. The molecule has 5 heterocycles. The number of fused-ring (bicyclic) bond motifs is 2. The summed E-state index contributed by atoms with van der Waals surface area (Å²) in [5, 5.41) is 4.09. The summed E-state index contributed by atoms with van der Waals surface area (Å²) in [6, 6.07) is 1.56. The van der Waals surface area contributed by atoms with E-state index in [1.807, 2.05) is 11.8 Å². The SMILES string of the molecule is CN1CNNC1[C@H](C1CCC1)C1CCCC(n2cc3c(C(F)(F)F)cc(CN4CCC5SCNC5C4)cn3c2=O)C1. The Balaban J connectivity index is 1.17. The molecule has 5 unspecified atom stereocenters. The third kappa shape index (κ3) is 5.37. The maximum Gasteiger partial charge on any atom is 0.418 e. The van der Waals surface area contributed by atoms with Crippen molar-refractivity contribution in [3.63, 3.8) is 0 Å². The number of rotatable bonds is 6. The van der Waals surface area contributed by atoms with Crippen LogP contribution in [0.3, 0.4) is 0 Å². The zero-order valence-electron chi connectivity index (χ0n) is 23.7. The van der Waals surface area contributed by atoms with Gasteiger partial charge in [-0.2, -0.15) is 13.2 Å². The number of nitrogens with one attached hydrogen (secondary N) is 3. The van der Waals surface area contributed by atoms with Crippen molar-refractivity contribution >= 4 is 17.3 Å². The Morgan fingerprint density at radius 2 is 1.90 bits per heavy atom. The molecule has 2 aliphatic carbocycles. The number of hydrogen-bond acceptors (Lipinski definition) is 7. The van der Waals surface area contributed by atoms with Crippen LogP contribution in [0.15, 0.2) is 23.3 Å². The molecule has 6 atom stereocenters. The lowest BCUT2D eigenvalue weighted by Crippen LogP contribution is -2.50. The second kappa shape index (κ2) is 11.2. The second-order valence-corrected chi connectivity index (χ2v) is 14.3. The van der Waals surface area contributed by atoms with Gasteiger partial charge in [-0.15, -0.1) is 11.8 Å². The van der Waals surface area contributed by atoms with Crippen LogP contribution in [0.2, 0.25) is 0 Å². The molecule has 0 spiro atoms. The van der Waals surface area contributed by atoms with E-state index in [9.17, 15) is 18.0 Å². The average Bonchev–Trinajstić information content (AvgIpc) is 3.64. The van der Waals surface area contributed by atoms with Crippen molar-refractivity contribution in [3.8, 4) is 0 Å². The van der Waals surface area contributed by atoms with E-state index in [2.05, 4.69) is 33.0 Å². The number of pyridine rings is 1. The number of hydrazine groups is 1. The molecule has 5 aliphatic rings. The summed E-state index contributed by atoms with van der Waals surface area (Å²) in [4.78, 5) is 18.3. The van der Waals surface area contributed by atoms with Gasteiger partial charge in [0.05, 0.1) is 23.9 Å². The Kier molecular flexibility index (Phi) is 7.69. The number of alkyl halides is 3. The van der Waals surface area contributed by atoms with Gasteiger partial charge in [-0.1, -0.05) is 25.7 Å². The molecule has 226 valence electrons. The molecular formula is C29H42F3N7OS. The van der Waals surface area contributed by atoms with Gasteiger partial charge in [-0.3, -0.25) is 18.8 Å². The zero-order chi connectivity index (χ0) is 28.3. The fourth-order valence-corrected chi connectivity index (χ4v) is 9.51. The molecule has 0 radical (unpaired) electrons. The molecule has 0 bridgehead atoms. The van der Waals surface area contributed by atoms with Gasteiger partial charge < -0.3 is 5.32 Å². The van der Waals surface area contributed by atoms with Crippen LogP contribution < -0.4 is 21.9 Å². The van der Waals surface area contributed by atoms with Gasteiger partial charge in [0, 0.05) is 48.7 Å². The Bertz CT molecular complexity index is 1310. The predicted octanol–water partition coefficient (Wildman–Crippen LogP) is 3.83. The van der Waals surface area contributed by atoms with Gasteiger partial charge in [0.25, 0.3) is 0 Å². The number of hydrogen-bond donors (Lipinski definition) is 3. The van der Waals surface area contributed by atoms with E-state index in [4.69, 9.17) is 0 Å². The molecule has 8 nitrogen and oxygen atoms in total. The molecule has 2 saturated carbocycles. The van der Waals surface area contributed by atoms with Crippen LogP contribution in [0, 0.1) is 17.8 Å². The minimum absolute atomic E-state index is 0.0297. The Hall–Kier alpha value is -1.57. The van der Waals surface area contributed by atoms with Crippen LogP contribution in [0.5, 0.6) is 0 Å². The Morgan fingerprint density at radius 3 is 2.63 bits per heavy atom. The van der Waals surface area contributed by atoms with Crippen LogP contribution >= 0.6 is 11.8 Å². The maximum atomic E-state index is 14.4. The van der Waals surface area contributed by atoms with E-state index in [1.54, 1.807) is 10.8 Å². The fourth-order valence-electron chi connectivity index (χ4n) is 8.30. The highest BCUT2D eigenvalue weighted by molar-refractivity contribution is 8.00. The molecule has 3 saturated heterocycles. The van der Waals surface area contributed by atoms with Gasteiger partial charge in [0.15, 0.2) is 0 Å². The Morgan fingerprint density at radius 1 is 1.10 bits per heavy atom. The maximum absolute atomic E-state index is 14.4. The minimum Gasteiger partial charge on any atom is -0.303 e. The van der Waals surface area contributed by atoms with Crippen molar-refractivity contribution in [2.45, 2.75) is 87.6 Å². The molecule has 5 fully saturated rings. The van der Waals surface area contributed by atoms with Crippen LogP contribution in [-0.2, 0) is 12.7 Å². The van der Waals surface area contributed by atoms with Crippen LogP contribution in [0.25, 0.3) is 5.52 Å². The number of nitrogens with zero attached hydrogens (tertiary/aromatic N) is 4. The first-order valence-electron chi connectivity index (χ1n) is 15.4. The largest absolute Gasteiger partial charge is 0.418 e. The van der Waals surface area contributed by atoms with Crippen LogP contribution in [0.1, 0.15) is 68.5 Å². The minimum atomic E-state index is -4.54. The van der Waals surface area contributed by atoms with Gasteiger partial charge >= 0.3 is 11.9 Å². The van der Waals surface area contributed by atoms with Crippen molar-refractivity contribution in [1.82, 2.24) is 34.9 Å². The summed E-state index contributed by atoms with van der Waals surface area (Å²) in [6.07, 6.45) is 7.38. The lowest BCUT2D eigenvalue weighted by molar-refractivity contribution is -0.136. The first kappa shape index (κ1) is 28.2. The van der Waals surface area contributed by atoms with E-state index in [1.165, 1.54) is 35.9 Å². The predicted molar refractivity (Wildman–Crippen MR) is 154 cm³/mol. The molecule has 2 aromatic rings. The molecule has 3 N–H and O–H groups in total. The first-order valence-corrected chi connectivity index (χ1v) is 16.4. The monoisotopic (exact) mass is 593 g/mol. The summed E-state index contributed by atoms with van der Waals surface area (Å²) >= 11 is 1.93. The Labute approximate surface area is 243 Å². The fraction of sp³-hybridized carbons (Fsp3) is 0.759. The number of piperidine rings is 1. The molecule has 3 aliphatic heterocycles. The summed E-state index contributed by atoms with van der Waals surface area (Å²) in [6.45, 7) is 2.89. The normalized spacial score (nSPS) is 32.8.